The number of hydrogen-bond donors (Lipinski definition) is 3. The van der Waals surface area contributed by atoms with E-state index in [4.69, 9.17) is 22.1 Å². The van der Waals surface area contributed by atoms with Crippen LogP contribution in [0.5, 0.6) is 11.5 Å². The molecule has 5 aromatic rings. The Morgan fingerprint density at radius 3 is 2.53 bits per heavy atom. The van der Waals surface area contributed by atoms with Crippen molar-refractivity contribution in [3.05, 3.63) is 102 Å². The van der Waals surface area contributed by atoms with E-state index in [0.29, 0.717) is 35.6 Å². The maximum atomic E-state index is 15.0. The maximum Gasteiger partial charge on any atom is 0.230 e. The smallest absolute Gasteiger partial charge is 0.230 e. The van der Waals surface area contributed by atoms with Gasteiger partial charge in [-0.1, -0.05) is 18.2 Å². The lowest BCUT2D eigenvalue weighted by molar-refractivity contribution is -0.119. The highest BCUT2D eigenvalue weighted by atomic mass is 32.1. The summed E-state index contributed by atoms with van der Waals surface area (Å²) >= 11 is 6.63. The lowest BCUT2D eigenvalue weighted by atomic mass is 10.1. The molecule has 3 aromatic heterocycles. The number of fused-ring (bicyclic) bond motifs is 1. The Balaban J connectivity index is 1.23. The third-order valence-electron chi connectivity index (χ3n) is 6.33. The van der Waals surface area contributed by atoms with Crippen molar-refractivity contribution in [3.8, 4) is 22.1 Å². The number of aliphatic hydroxyl groups is 1. The van der Waals surface area contributed by atoms with Gasteiger partial charge in [-0.25, -0.2) is 8.78 Å². The van der Waals surface area contributed by atoms with Crippen LogP contribution in [0.3, 0.4) is 0 Å². The molecule has 0 saturated heterocycles. The number of carbonyl (C=O) groups excluding carboxylic acids is 1. The summed E-state index contributed by atoms with van der Waals surface area (Å²) in [6.07, 6.45) is 3.42. The van der Waals surface area contributed by atoms with Crippen LogP contribution in [-0.2, 0) is 17.8 Å². The fourth-order valence-electron chi connectivity index (χ4n) is 4.25. The van der Waals surface area contributed by atoms with Gasteiger partial charge in [-0.2, -0.15) is 0 Å². The van der Waals surface area contributed by atoms with Crippen molar-refractivity contribution in [2.45, 2.75) is 13.0 Å². The third kappa shape index (κ3) is 7.93. The van der Waals surface area contributed by atoms with Crippen molar-refractivity contribution in [2.24, 2.45) is 0 Å². The summed E-state index contributed by atoms with van der Waals surface area (Å²) in [5.41, 5.74) is 3.47. The Bertz CT molecular complexity index is 1750. The largest absolute Gasteiger partial charge is 0.453 e. The monoisotopic (exact) mass is 619 g/mol. The SMILES string of the molecule is CN(CCO)Cc1ccc(-c2cc3nccc(Oc4ccc(NC(=S)NC(=O)Cc5ccc(F)cc5)cc4F)c3s2)nc1. The number of carbonyl (C=O) groups is 1. The number of anilines is 1. The molecule has 3 heterocycles. The van der Waals surface area contributed by atoms with Crippen molar-refractivity contribution in [2.75, 3.05) is 25.5 Å². The molecule has 8 nitrogen and oxygen atoms in total. The fraction of sp³-hybridized carbons (Fsp3) is 0.161. The van der Waals surface area contributed by atoms with E-state index in [1.165, 1.54) is 47.7 Å². The number of aliphatic hydroxyl groups excluding tert-OH is 1. The minimum absolute atomic E-state index is 0.000888. The number of amides is 1. The lowest BCUT2D eigenvalue weighted by Gasteiger charge is -2.14. The summed E-state index contributed by atoms with van der Waals surface area (Å²) in [5, 5.41) is 14.4. The molecule has 5 rings (SSSR count). The summed E-state index contributed by atoms with van der Waals surface area (Å²) in [7, 11) is 1.93. The van der Waals surface area contributed by atoms with E-state index in [9.17, 15) is 9.18 Å². The van der Waals surface area contributed by atoms with Crippen molar-refractivity contribution in [1.29, 1.82) is 0 Å². The Hall–Kier alpha value is -4.36. The lowest BCUT2D eigenvalue weighted by Crippen LogP contribution is -2.35. The molecule has 1 amide bonds. The van der Waals surface area contributed by atoms with Gasteiger partial charge >= 0.3 is 0 Å². The Morgan fingerprint density at radius 1 is 1.02 bits per heavy atom. The number of hydrogen-bond acceptors (Lipinski definition) is 8. The van der Waals surface area contributed by atoms with Crippen LogP contribution in [0.4, 0.5) is 14.5 Å². The van der Waals surface area contributed by atoms with E-state index in [1.54, 1.807) is 18.3 Å². The number of pyridine rings is 2. The van der Waals surface area contributed by atoms with E-state index in [1.807, 2.05) is 36.3 Å². The highest BCUT2D eigenvalue weighted by Gasteiger charge is 2.15. The molecule has 0 aliphatic carbocycles. The van der Waals surface area contributed by atoms with Gasteiger partial charge in [-0.05, 0) is 66.8 Å². The number of nitrogens with one attached hydrogen (secondary N) is 2. The molecule has 220 valence electrons. The molecule has 0 saturated carbocycles. The highest BCUT2D eigenvalue weighted by molar-refractivity contribution is 7.80. The molecule has 0 aliphatic rings. The zero-order valence-electron chi connectivity index (χ0n) is 23.0. The Labute approximate surface area is 256 Å². The van der Waals surface area contributed by atoms with Crippen LogP contribution in [0.15, 0.2) is 79.1 Å². The molecule has 0 fully saturated rings. The van der Waals surface area contributed by atoms with Gasteiger partial charge in [0.25, 0.3) is 0 Å². The number of likely N-dealkylation sites (N-methyl/N-ethyl adjacent to an activating group) is 1. The van der Waals surface area contributed by atoms with Gasteiger partial charge in [0.2, 0.25) is 5.91 Å². The average molecular weight is 620 g/mol. The predicted molar refractivity (Wildman–Crippen MR) is 167 cm³/mol. The fourth-order valence-corrected chi connectivity index (χ4v) is 5.52. The molecular formula is C31H27F2N5O3S2. The minimum atomic E-state index is -0.629. The number of benzene rings is 2. The topological polar surface area (TPSA) is 99.6 Å². The van der Waals surface area contributed by atoms with Crippen LogP contribution in [0.1, 0.15) is 11.1 Å². The number of ether oxygens (including phenoxy) is 1. The second-order valence-electron chi connectivity index (χ2n) is 9.70. The molecule has 3 N–H and O–H groups in total. The van der Waals surface area contributed by atoms with E-state index >= 15 is 4.39 Å². The first-order valence-corrected chi connectivity index (χ1v) is 14.5. The van der Waals surface area contributed by atoms with Gasteiger partial charge in [0.1, 0.15) is 11.6 Å². The molecule has 0 atom stereocenters. The van der Waals surface area contributed by atoms with Crippen LogP contribution in [-0.4, -0.2) is 51.2 Å². The molecule has 0 aliphatic heterocycles. The molecule has 0 unspecified atom stereocenters. The highest BCUT2D eigenvalue weighted by Crippen LogP contribution is 2.39. The quantitative estimate of drug-likeness (QED) is 0.166. The first kappa shape index (κ1) is 30.1. The van der Waals surface area contributed by atoms with E-state index < -0.39 is 11.7 Å². The van der Waals surface area contributed by atoms with Crippen LogP contribution < -0.4 is 15.4 Å². The Kier molecular flexibility index (Phi) is 9.62. The predicted octanol–water partition coefficient (Wildman–Crippen LogP) is 5.91. The summed E-state index contributed by atoms with van der Waals surface area (Å²) in [4.78, 5) is 24.2. The third-order valence-corrected chi connectivity index (χ3v) is 7.69. The Morgan fingerprint density at radius 2 is 1.81 bits per heavy atom. The van der Waals surface area contributed by atoms with E-state index in [2.05, 4.69) is 20.6 Å². The number of thiophene rings is 1. The van der Waals surface area contributed by atoms with Gasteiger partial charge < -0.3 is 20.5 Å². The van der Waals surface area contributed by atoms with Crippen molar-refractivity contribution < 1.29 is 23.4 Å². The van der Waals surface area contributed by atoms with Gasteiger partial charge in [0.15, 0.2) is 16.7 Å². The summed E-state index contributed by atoms with van der Waals surface area (Å²) < 4.78 is 34.8. The molecule has 0 bridgehead atoms. The second kappa shape index (κ2) is 13.7. The van der Waals surface area contributed by atoms with Crippen LogP contribution in [0.2, 0.25) is 0 Å². The second-order valence-corrected chi connectivity index (χ2v) is 11.2. The van der Waals surface area contributed by atoms with Gasteiger partial charge in [0.05, 0.1) is 33.8 Å². The number of halogens is 2. The van der Waals surface area contributed by atoms with Crippen LogP contribution >= 0.6 is 23.6 Å². The molecule has 43 heavy (non-hydrogen) atoms. The molecule has 0 radical (unpaired) electrons. The maximum absolute atomic E-state index is 15.0. The summed E-state index contributed by atoms with van der Waals surface area (Å²) in [6.45, 7) is 1.36. The zero-order chi connectivity index (χ0) is 30.3. The van der Waals surface area contributed by atoms with Gasteiger partial charge in [0, 0.05) is 43.3 Å². The number of nitrogens with zero attached hydrogens (tertiary/aromatic N) is 3. The van der Waals surface area contributed by atoms with Crippen molar-refractivity contribution in [1.82, 2.24) is 20.2 Å². The molecule has 2 aromatic carbocycles. The summed E-state index contributed by atoms with van der Waals surface area (Å²) in [6, 6.07) is 17.4. The zero-order valence-corrected chi connectivity index (χ0v) is 24.6. The summed E-state index contributed by atoms with van der Waals surface area (Å²) in [5.74, 6) is -0.947. The number of rotatable bonds is 10. The van der Waals surface area contributed by atoms with E-state index in [0.717, 1.165) is 20.8 Å². The van der Waals surface area contributed by atoms with Crippen molar-refractivity contribution >= 4 is 50.5 Å². The van der Waals surface area contributed by atoms with Crippen LogP contribution in [0.25, 0.3) is 20.8 Å². The normalized spacial score (nSPS) is 11.1. The first-order valence-electron chi connectivity index (χ1n) is 13.2. The number of thiocarbonyl (C=S) groups is 1. The van der Waals surface area contributed by atoms with Crippen molar-refractivity contribution in [3.63, 3.8) is 0 Å². The minimum Gasteiger partial charge on any atom is -0.453 e. The molecule has 0 spiro atoms. The van der Waals surface area contributed by atoms with E-state index in [-0.39, 0.29) is 29.7 Å². The molecular weight excluding hydrogens is 593 g/mol. The molecule has 12 heteroatoms. The number of aromatic nitrogens is 2. The van der Waals surface area contributed by atoms with Gasteiger partial charge in [-0.3, -0.25) is 19.7 Å². The van der Waals surface area contributed by atoms with Gasteiger partial charge in [-0.15, -0.1) is 11.3 Å². The standard InChI is InChI=1S/C31H27F2N5O3S2/c1-38(12-13-39)18-20-4-8-24(35-17-20)28-16-25-30(43-28)27(10-11-34-25)41-26-9-7-22(15-23(26)33)36-31(42)37-29(40)14-19-2-5-21(32)6-3-19/h2-11,15-17,39H,12-14,18H2,1H3,(H2,36,37,40,42). The average Bonchev–Trinajstić information content (AvgIpc) is 3.41. The van der Waals surface area contributed by atoms with Crippen LogP contribution in [0, 0.1) is 11.6 Å². The first-order chi connectivity index (χ1) is 20.8.